The summed E-state index contributed by atoms with van der Waals surface area (Å²) >= 11 is 5.83. The summed E-state index contributed by atoms with van der Waals surface area (Å²) in [7, 11) is 3.16. The second-order valence-electron chi connectivity index (χ2n) is 3.12. The highest BCUT2D eigenvalue weighted by Gasteiger charge is 2.21. The number of benzene rings is 1. The van der Waals surface area contributed by atoms with Gasteiger partial charge in [0.05, 0.1) is 0 Å². The fourth-order valence-corrected chi connectivity index (χ4v) is 1.41. The molecular weight excluding hydrogens is 205 g/mol. The molecule has 1 amide bonds. The number of rotatable bonds is 2. The summed E-state index contributed by atoms with van der Waals surface area (Å²) in [6.45, 7) is 0. The van der Waals surface area contributed by atoms with Gasteiger partial charge in [0.15, 0.2) is 0 Å². The minimum atomic E-state index is -0.953. The van der Waals surface area contributed by atoms with E-state index in [1.807, 2.05) is 0 Å². The first-order valence-electron chi connectivity index (χ1n) is 4.13. The third kappa shape index (κ3) is 2.23. The van der Waals surface area contributed by atoms with E-state index in [0.717, 1.165) is 0 Å². The molecule has 2 nitrogen and oxygen atoms in total. The van der Waals surface area contributed by atoms with Gasteiger partial charge in [-0.15, -0.1) is 11.6 Å². The van der Waals surface area contributed by atoms with Crippen LogP contribution >= 0.6 is 11.6 Å². The highest BCUT2D eigenvalue weighted by Crippen LogP contribution is 2.24. The van der Waals surface area contributed by atoms with Gasteiger partial charge in [0.2, 0.25) is 5.91 Å². The second-order valence-corrected chi connectivity index (χ2v) is 3.55. The minimum absolute atomic E-state index is 0.216. The Bertz CT molecular complexity index is 341. The SMILES string of the molecule is CN(C)C(=O)C(Cl)c1ccccc1F. The lowest BCUT2D eigenvalue weighted by Gasteiger charge is -2.15. The number of hydrogen-bond acceptors (Lipinski definition) is 1. The lowest BCUT2D eigenvalue weighted by molar-refractivity contribution is -0.128. The third-order valence-corrected chi connectivity index (χ3v) is 2.26. The van der Waals surface area contributed by atoms with Gasteiger partial charge < -0.3 is 4.90 Å². The van der Waals surface area contributed by atoms with Gasteiger partial charge in [-0.05, 0) is 6.07 Å². The van der Waals surface area contributed by atoms with Crippen molar-refractivity contribution >= 4 is 17.5 Å². The molecule has 0 N–H and O–H groups in total. The van der Waals surface area contributed by atoms with Crippen molar-refractivity contribution in [1.82, 2.24) is 4.90 Å². The summed E-state index contributed by atoms with van der Waals surface area (Å²) < 4.78 is 13.2. The number of carbonyl (C=O) groups excluding carboxylic acids is 1. The van der Waals surface area contributed by atoms with Gasteiger partial charge in [-0.3, -0.25) is 4.79 Å². The van der Waals surface area contributed by atoms with Crippen LogP contribution < -0.4 is 0 Å². The molecule has 14 heavy (non-hydrogen) atoms. The van der Waals surface area contributed by atoms with Gasteiger partial charge in [-0.25, -0.2) is 4.39 Å². The molecule has 1 aromatic rings. The van der Waals surface area contributed by atoms with Crippen molar-refractivity contribution in [2.24, 2.45) is 0 Å². The molecule has 0 saturated heterocycles. The second kappa shape index (κ2) is 4.42. The van der Waals surface area contributed by atoms with Crippen LogP contribution in [0.4, 0.5) is 4.39 Å². The predicted octanol–water partition coefficient (Wildman–Crippen LogP) is 2.19. The Morgan fingerprint density at radius 2 is 2.00 bits per heavy atom. The molecule has 1 rings (SSSR count). The predicted molar refractivity (Wildman–Crippen MR) is 53.7 cm³/mol. The van der Waals surface area contributed by atoms with E-state index in [1.165, 1.54) is 17.0 Å². The maximum Gasteiger partial charge on any atom is 0.244 e. The van der Waals surface area contributed by atoms with Crippen molar-refractivity contribution in [3.63, 3.8) is 0 Å². The first-order valence-corrected chi connectivity index (χ1v) is 4.57. The van der Waals surface area contributed by atoms with Gasteiger partial charge in [0.25, 0.3) is 0 Å². The van der Waals surface area contributed by atoms with E-state index in [-0.39, 0.29) is 11.5 Å². The van der Waals surface area contributed by atoms with E-state index in [0.29, 0.717) is 0 Å². The largest absolute Gasteiger partial charge is 0.347 e. The van der Waals surface area contributed by atoms with Crippen LogP contribution in [-0.4, -0.2) is 24.9 Å². The molecule has 1 atom stereocenters. The van der Waals surface area contributed by atoms with Crippen molar-refractivity contribution in [3.8, 4) is 0 Å². The fourth-order valence-electron chi connectivity index (χ4n) is 1.04. The molecule has 0 aliphatic carbocycles. The zero-order valence-electron chi connectivity index (χ0n) is 8.00. The van der Waals surface area contributed by atoms with Crippen LogP contribution in [0, 0.1) is 5.82 Å². The van der Waals surface area contributed by atoms with Crippen LogP contribution in [0.25, 0.3) is 0 Å². The standard InChI is InChI=1S/C10H11ClFNO/c1-13(2)10(14)9(11)7-5-3-4-6-8(7)12/h3-6,9H,1-2H3. The molecule has 4 heteroatoms. The zero-order valence-corrected chi connectivity index (χ0v) is 8.75. The summed E-state index contributed by atoms with van der Waals surface area (Å²) in [6, 6.07) is 6.00. The molecule has 1 aromatic carbocycles. The summed E-state index contributed by atoms with van der Waals surface area (Å²) in [5.74, 6) is -0.778. The summed E-state index contributed by atoms with van der Waals surface area (Å²) in [4.78, 5) is 12.8. The van der Waals surface area contributed by atoms with Gasteiger partial charge in [-0.2, -0.15) is 0 Å². The molecule has 0 saturated carbocycles. The average molecular weight is 216 g/mol. The van der Waals surface area contributed by atoms with Gasteiger partial charge >= 0.3 is 0 Å². The van der Waals surface area contributed by atoms with E-state index in [2.05, 4.69) is 0 Å². The first kappa shape index (κ1) is 11.0. The summed E-state index contributed by atoms with van der Waals surface area (Å²) in [5, 5.41) is -0.953. The van der Waals surface area contributed by atoms with Crippen molar-refractivity contribution in [1.29, 1.82) is 0 Å². The Morgan fingerprint density at radius 3 is 2.50 bits per heavy atom. The van der Waals surface area contributed by atoms with Gasteiger partial charge in [0.1, 0.15) is 11.2 Å². The number of hydrogen-bond donors (Lipinski definition) is 0. The van der Waals surface area contributed by atoms with Crippen LogP contribution in [0.5, 0.6) is 0 Å². The Hall–Kier alpha value is -1.09. The topological polar surface area (TPSA) is 20.3 Å². The normalized spacial score (nSPS) is 12.3. The van der Waals surface area contributed by atoms with Crippen LogP contribution in [0.1, 0.15) is 10.9 Å². The minimum Gasteiger partial charge on any atom is -0.347 e. The first-order chi connectivity index (χ1) is 6.54. The van der Waals surface area contributed by atoms with E-state index < -0.39 is 11.2 Å². The van der Waals surface area contributed by atoms with E-state index >= 15 is 0 Å². The lowest BCUT2D eigenvalue weighted by Crippen LogP contribution is -2.26. The molecule has 0 heterocycles. The monoisotopic (exact) mass is 215 g/mol. The zero-order chi connectivity index (χ0) is 10.7. The molecule has 0 fully saturated rings. The smallest absolute Gasteiger partial charge is 0.244 e. The molecule has 0 aliphatic rings. The number of nitrogens with zero attached hydrogens (tertiary/aromatic N) is 1. The maximum atomic E-state index is 13.2. The highest BCUT2D eigenvalue weighted by atomic mass is 35.5. The van der Waals surface area contributed by atoms with Crippen LogP contribution in [-0.2, 0) is 4.79 Å². The molecule has 0 bridgehead atoms. The summed E-state index contributed by atoms with van der Waals surface area (Å²) in [6.07, 6.45) is 0. The number of amides is 1. The Labute approximate surface area is 87.3 Å². The number of halogens is 2. The Morgan fingerprint density at radius 1 is 1.43 bits per heavy atom. The molecule has 0 spiro atoms. The molecule has 0 radical (unpaired) electrons. The van der Waals surface area contributed by atoms with Crippen molar-refractivity contribution in [2.75, 3.05) is 14.1 Å². The van der Waals surface area contributed by atoms with E-state index in [1.54, 1.807) is 26.2 Å². The molecule has 0 aromatic heterocycles. The average Bonchev–Trinajstić information content (AvgIpc) is 2.16. The maximum absolute atomic E-state index is 13.2. The number of alkyl halides is 1. The van der Waals surface area contributed by atoms with Crippen molar-refractivity contribution < 1.29 is 9.18 Å². The molecular formula is C10H11ClFNO. The summed E-state index contributed by atoms with van der Waals surface area (Å²) in [5.41, 5.74) is 0.216. The van der Waals surface area contributed by atoms with Gasteiger partial charge in [0, 0.05) is 19.7 Å². The molecule has 1 unspecified atom stereocenters. The Kier molecular flexibility index (Phi) is 3.47. The van der Waals surface area contributed by atoms with E-state index in [4.69, 9.17) is 11.6 Å². The number of likely N-dealkylation sites (N-methyl/N-ethyl adjacent to an activating group) is 1. The Balaban J connectivity index is 2.95. The third-order valence-electron chi connectivity index (χ3n) is 1.84. The van der Waals surface area contributed by atoms with Crippen LogP contribution in [0.2, 0.25) is 0 Å². The number of carbonyl (C=O) groups is 1. The van der Waals surface area contributed by atoms with Crippen LogP contribution in [0.3, 0.4) is 0 Å². The lowest BCUT2D eigenvalue weighted by atomic mass is 10.1. The molecule has 76 valence electrons. The van der Waals surface area contributed by atoms with Gasteiger partial charge in [-0.1, -0.05) is 18.2 Å². The molecule has 0 aliphatic heterocycles. The van der Waals surface area contributed by atoms with Crippen molar-refractivity contribution in [3.05, 3.63) is 35.6 Å². The highest BCUT2D eigenvalue weighted by molar-refractivity contribution is 6.30. The van der Waals surface area contributed by atoms with E-state index in [9.17, 15) is 9.18 Å². The quantitative estimate of drug-likeness (QED) is 0.693. The van der Waals surface area contributed by atoms with Crippen molar-refractivity contribution in [2.45, 2.75) is 5.38 Å². The fraction of sp³-hybridized carbons (Fsp3) is 0.300. The van der Waals surface area contributed by atoms with Crippen LogP contribution in [0.15, 0.2) is 24.3 Å².